The van der Waals surface area contributed by atoms with E-state index in [4.69, 9.17) is 10.5 Å². The van der Waals surface area contributed by atoms with Gasteiger partial charge in [-0.3, -0.25) is 0 Å². The Balaban J connectivity index is 2.81. The molecule has 0 spiro atoms. The maximum Gasteiger partial charge on any atom is 0.102 e. The van der Waals surface area contributed by atoms with Gasteiger partial charge in [0, 0.05) is 4.90 Å². The fraction of sp³-hybridized carbons (Fsp3) is 0.385. The van der Waals surface area contributed by atoms with Gasteiger partial charge in [0.2, 0.25) is 0 Å². The van der Waals surface area contributed by atoms with E-state index in [0.29, 0.717) is 17.0 Å². The molecule has 1 aromatic rings. The summed E-state index contributed by atoms with van der Waals surface area (Å²) in [6, 6.07) is 9.58. The van der Waals surface area contributed by atoms with E-state index in [9.17, 15) is 0 Å². The first-order chi connectivity index (χ1) is 7.69. The van der Waals surface area contributed by atoms with Crippen molar-refractivity contribution in [1.82, 2.24) is 0 Å². The van der Waals surface area contributed by atoms with Crippen LogP contribution in [0.5, 0.6) is 0 Å². The van der Waals surface area contributed by atoms with Crippen molar-refractivity contribution in [2.24, 2.45) is 5.92 Å². The van der Waals surface area contributed by atoms with E-state index in [1.54, 1.807) is 17.8 Å². The number of nitriles is 2. The number of thioether (sulfide) groups is 1. The number of hydrogen-bond acceptors (Lipinski definition) is 3. The SMILES string of the molecule is CC(C)CCSc1cccc(C#N)c1C#N. The molecule has 0 aromatic heterocycles. The van der Waals surface area contributed by atoms with E-state index in [1.807, 2.05) is 12.1 Å². The molecule has 1 aromatic carbocycles. The fourth-order valence-electron chi connectivity index (χ4n) is 1.26. The molecule has 1 rings (SSSR count). The van der Waals surface area contributed by atoms with Gasteiger partial charge in [-0.25, -0.2) is 0 Å². The third-order valence-electron chi connectivity index (χ3n) is 2.21. The van der Waals surface area contributed by atoms with Gasteiger partial charge in [0.15, 0.2) is 0 Å². The number of hydrogen-bond donors (Lipinski definition) is 0. The zero-order chi connectivity index (χ0) is 12.0. The first kappa shape index (κ1) is 12.6. The standard InChI is InChI=1S/C13H14N2S/c1-10(2)6-7-16-13-5-3-4-11(8-14)12(13)9-15/h3-5,10H,6-7H2,1-2H3. The quantitative estimate of drug-likeness (QED) is 0.743. The van der Waals surface area contributed by atoms with Gasteiger partial charge in [-0.05, 0) is 30.2 Å². The molecule has 16 heavy (non-hydrogen) atoms. The van der Waals surface area contributed by atoms with Crippen molar-refractivity contribution in [2.75, 3.05) is 5.75 Å². The summed E-state index contributed by atoms with van der Waals surface area (Å²) in [6.07, 6.45) is 1.12. The Bertz CT molecular complexity index is 438. The average Bonchev–Trinajstić information content (AvgIpc) is 2.28. The minimum absolute atomic E-state index is 0.469. The van der Waals surface area contributed by atoms with Gasteiger partial charge >= 0.3 is 0 Å². The highest BCUT2D eigenvalue weighted by molar-refractivity contribution is 7.99. The molecule has 0 fully saturated rings. The maximum atomic E-state index is 9.02. The van der Waals surface area contributed by atoms with Gasteiger partial charge in [-0.1, -0.05) is 19.9 Å². The van der Waals surface area contributed by atoms with Crippen molar-refractivity contribution in [1.29, 1.82) is 10.5 Å². The highest BCUT2D eigenvalue weighted by Crippen LogP contribution is 2.26. The van der Waals surface area contributed by atoms with E-state index >= 15 is 0 Å². The fourth-order valence-corrected chi connectivity index (χ4v) is 2.55. The summed E-state index contributed by atoms with van der Waals surface area (Å²) in [5.74, 6) is 1.65. The smallest absolute Gasteiger partial charge is 0.102 e. The largest absolute Gasteiger partial charge is 0.192 e. The normalized spacial score (nSPS) is 9.81. The number of nitrogens with zero attached hydrogens (tertiary/aromatic N) is 2. The van der Waals surface area contributed by atoms with E-state index in [1.165, 1.54) is 0 Å². The van der Waals surface area contributed by atoms with Gasteiger partial charge in [0.1, 0.15) is 12.1 Å². The lowest BCUT2D eigenvalue weighted by atomic mass is 10.1. The van der Waals surface area contributed by atoms with Crippen molar-refractivity contribution in [2.45, 2.75) is 25.2 Å². The summed E-state index contributed by atoms with van der Waals surface area (Å²) in [7, 11) is 0. The first-order valence-electron chi connectivity index (χ1n) is 5.25. The van der Waals surface area contributed by atoms with Crippen LogP contribution in [0.15, 0.2) is 23.1 Å². The van der Waals surface area contributed by atoms with Crippen molar-refractivity contribution in [3.05, 3.63) is 29.3 Å². The molecule has 0 saturated carbocycles. The molecule has 0 heterocycles. The van der Waals surface area contributed by atoms with Gasteiger partial charge in [0.05, 0.1) is 11.1 Å². The van der Waals surface area contributed by atoms with Gasteiger partial charge in [0.25, 0.3) is 0 Å². The zero-order valence-electron chi connectivity index (χ0n) is 9.53. The van der Waals surface area contributed by atoms with Crippen LogP contribution < -0.4 is 0 Å². The van der Waals surface area contributed by atoms with E-state index in [0.717, 1.165) is 17.1 Å². The molecule has 2 nitrogen and oxygen atoms in total. The summed E-state index contributed by atoms with van der Waals surface area (Å²) in [6.45, 7) is 4.36. The molecule has 0 aliphatic rings. The third kappa shape index (κ3) is 3.29. The molecular formula is C13H14N2S. The summed E-state index contributed by atoms with van der Waals surface area (Å²) in [5.41, 5.74) is 0.982. The van der Waals surface area contributed by atoms with Crippen LogP contribution >= 0.6 is 11.8 Å². The molecule has 0 bridgehead atoms. The Hall–Kier alpha value is -1.45. The molecule has 0 N–H and O–H groups in total. The summed E-state index contributed by atoms with van der Waals surface area (Å²) in [5, 5.41) is 17.9. The van der Waals surface area contributed by atoms with Crippen molar-refractivity contribution < 1.29 is 0 Å². The predicted octanol–water partition coefficient (Wildman–Crippen LogP) is 3.57. The summed E-state index contributed by atoms with van der Waals surface area (Å²) >= 11 is 1.66. The molecule has 0 aliphatic heterocycles. The maximum absolute atomic E-state index is 9.02. The number of benzene rings is 1. The second-order valence-corrected chi connectivity index (χ2v) is 5.07. The van der Waals surface area contributed by atoms with Crippen molar-refractivity contribution >= 4 is 11.8 Å². The summed E-state index contributed by atoms with van der Waals surface area (Å²) < 4.78 is 0. The summed E-state index contributed by atoms with van der Waals surface area (Å²) in [4.78, 5) is 0.919. The van der Waals surface area contributed by atoms with Crippen LogP contribution in [0.2, 0.25) is 0 Å². The minimum atomic E-state index is 0.469. The third-order valence-corrected chi connectivity index (χ3v) is 3.30. The molecule has 82 valence electrons. The van der Waals surface area contributed by atoms with Crippen LogP contribution in [0.3, 0.4) is 0 Å². The molecule has 0 saturated heterocycles. The van der Waals surface area contributed by atoms with Gasteiger partial charge in [-0.2, -0.15) is 10.5 Å². The molecule has 0 amide bonds. The van der Waals surface area contributed by atoms with Crippen molar-refractivity contribution in [3.8, 4) is 12.1 Å². The zero-order valence-corrected chi connectivity index (χ0v) is 10.3. The van der Waals surface area contributed by atoms with Crippen molar-refractivity contribution in [3.63, 3.8) is 0 Å². The van der Waals surface area contributed by atoms with Crippen LogP contribution in [-0.2, 0) is 0 Å². The van der Waals surface area contributed by atoms with E-state index in [-0.39, 0.29) is 0 Å². The molecule has 0 radical (unpaired) electrons. The monoisotopic (exact) mass is 230 g/mol. The van der Waals surface area contributed by atoms with Crippen LogP contribution in [0.1, 0.15) is 31.4 Å². The van der Waals surface area contributed by atoms with E-state index < -0.39 is 0 Å². The molecular weight excluding hydrogens is 216 g/mol. The predicted molar refractivity (Wildman–Crippen MR) is 66.1 cm³/mol. The Labute approximate surface area is 101 Å². The minimum Gasteiger partial charge on any atom is -0.192 e. The Morgan fingerprint density at radius 2 is 2.00 bits per heavy atom. The Morgan fingerprint density at radius 3 is 2.56 bits per heavy atom. The lowest BCUT2D eigenvalue weighted by molar-refractivity contribution is 0.632. The lowest BCUT2D eigenvalue weighted by Crippen LogP contribution is -1.92. The second-order valence-electron chi connectivity index (χ2n) is 3.93. The Morgan fingerprint density at radius 1 is 1.25 bits per heavy atom. The van der Waals surface area contributed by atoms with Crippen LogP contribution in [-0.4, -0.2) is 5.75 Å². The highest BCUT2D eigenvalue weighted by atomic mass is 32.2. The highest BCUT2D eigenvalue weighted by Gasteiger charge is 2.07. The van der Waals surface area contributed by atoms with Crippen LogP contribution in [0.25, 0.3) is 0 Å². The topological polar surface area (TPSA) is 47.6 Å². The van der Waals surface area contributed by atoms with Gasteiger partial charge in [-0.15, -0.1) is 11.8 Å². The first-order valence-corrected chi connectivity index (χ1v) is 6.23. The van der Waals surface area contributed by atoms with Crippen LogP contribution in [0.4, 0.5) is 0 Å². The van der Waals surface area contributed by atoms with Crippen LogP contribution in [0, 0.1) is 28.6 Å². The average molecular weight is 230 g/mol. The number of rotatable bonds is 4. The molecule has 0 atom stereocenters. The molecule has 3 heteroatoms. The van der Waals surface area contributed by atoms with E-state index in [2.05, 4.69) is 26.0 Å². The van der Waals surface area contributed by atoms with Gasteiger partial charge < -0.3 is 0 Å². The molecule has 0 aliphatic carbocycles. The Kier molecular flexibility index (Phi) is 4.89. The second kappa shape index (κ2) is 6.20. The lowest BCUT2D eigenvalue weighted by Gasteiger charge is -2.06. The molecule has 0 unspecified atom stereocenters.